The lowest BCUT2D eigenvalue weighted by Crippen LogP contribution is -2.20. The summed E-state index contributed by atoms with van der Waals surface area (Å²) in [6.45, 7) is 2.70. The summed E-state index contributed by atoms with van der Waals surface area (Å²) in [6, 6.07) is 1.04. The van der Waals surface area contributed by atoms with Gasteiger partial charge in [-0.05, 0) is 37.6 Å². The molecule has 0 saturated carbocycles. The Morgan fingerprint density at radius 3 is 1.96 bits per heavy atom. The summed E-state index contributed by atoms with van der Waals surface area (Å²) in [5, 5.41) is 3.42. The molecule has 0 aromatic heterocycles. The molecule has 0 unspecified atom stereocenters. The number of ether oxygens (including phenoxy) is 1. The van der Waals surface area contributed by atoms with Gasteiger partial charge in [0.1, 0.15) is 0 Å². The molecule has 128 valence electrons. The van der Waals surface area contributed by atoms with Crippen LogP contribution in [-0.2, 0) is 17.1 Å². The van der Waals surface area contributed by atoms with Gasteiger partial charge < -0.3 is 4.74 Å². The number of halogens is 6. The minimum absolute atomic E-state index is 0.00948. The first-order valence-electron chi connectivity index (χ1n) is 6.22. The molecule has 0 fully saturated rings. The predicted molar refractivity (Wildman–Crippen MR) is 68.8 cm³/mol. The Bertz CT molecular complexity index is 575. The van der Waals surface area contributed by atoms with Crippen LogP contribution < -0.4 is 5.43 Å². The van der Waals surface area contributed by atoms with E-state index in [2.05, 4.69) is 9.84 Å². The maximum atomic E-state index is 12.7. The maximum absolute atomic E-state index is 12.7. The van der Waals surface area contributed by atoms with Gasteiger partial charge in [-0.1, -0.05) is 0 Å². The van der Waals surface area contributed by atoms with Crippen LogP contribution in [0, 0.1) is 0 Å². The van der Waals surface area contributed by atoms with Gasteiger partial charge in [0.2, 0.25) is 0 Å². The van der Waals surface area contributed by atoms with E-state index in [1.165, 1.54) is 6.92 Å². The molecule has 0 bridgehead atoms. The second kappa shape index (κ2) is 6.88. The topological polar surface area (TPSA) is 50.7 Å². The highest BCUT2D eigenvalue weighted by Crippen LogP contribution is 2.36. The Morgan fingerprint density at radius 2 is 1.57 bits per heavy atom. The summed E-state index contributed by atoms with van der Waals surface area (Å²) in [5.74, 6) is 0. The van der Waals surface area contributed by atoms with Crippen LogP contribution >= 0.6 is 0 Å². The van der Waals surface area contributed by atoms with E-state index in [9.17, 15) is 31.1 Å². The zero-order valence-electron chi connectivity index (χ0n) is 12.0. The Morgan fingerprint density at radius 1 is 1.09 bits per heavy atom. The van der Waals surface area contributed by atoms with Crippen molar-refractivity contribution in [2.24, 2.45) is 5.10 Å². The number of benzene rings is 1. The molecule has 1 N–H and O–H groups in total. The van der Waals surface area contributed by atoms with Crippen LogP contribution in [0.1, 0.15) is 30.5 Å². The predicted octanol–water partition coefficient (Wildman–Crippen LogP) is 4.19. The van der Waals surface area contributed by atoms with Gasteiger partial charge in [-0.2, -0.15) is 31.4 Å². The first-order chi connectivity index (χ1) is 10.4. The fourth-order valence-corrected chi connectivity index (χ4v) is 1.52. The van der Waals surface area contributed by atoms with Crippen LogP contribution in [0.5, 0.6) is 0 Å². The molecular formula is C13H12F6N2O2. The molecule has 1 amide bonds. The van der Waals surface area contributed by atoms with Crippen molar-refractivity contribution < 1.29 is 35.9 Å². The minimum atomic E-state index is -4.95. The smallest absolute Gasteiger partial charge is 0.427 e. The first kappa shape index (κ1) is 18.8. The fraction of sp³-hybridized carbons (Fsp3) is 0.385. The Balaban J connectivity index is 3.24. The molecule has 0 saturated heterocycles. The number of rotatable bonds is 3. The maximum Gasteiger partial charge on any atom is 0.427 e. The van der Waals surface area contributed by atoms with Crippen LogP contribution in [0.2, 0.25) is 0 Å². The highest BCUT2D eigenvalue weighted by Gasteiger charge is 2.37. The summed E-state index contributed by atoms with van der Waals surface area (Å²) in [6.07, 6.45) is -10.9. The monoisotopic (exact) mass is 342 g/mol. The van der Waals surface area contributed by atoms with Crippen molar-refractivity contribution in [2.45, 2.75) is 26.2 Å². The summed E-state index contributed by atoms with van der Waals surface area (Å²) < 4.78 is 80.8. The van der Waals surface area contributed by atoms with Crippen molar-refractivity contribution in [3.05, 3.63) is 34.9 Å². The molecule has 0 atom stereocenters. The van der Waals surface area contributed by atoms with Gasteiger partial charge in [-0.3, -0.25) is 0 Å². The molecule has 1 aromatic rings. The number of carbonyl (C=O) groups is 1. The third-order valence-corrected chi connectivity index (χ3v) is 2.60. The zero-order valence-corrected chi connectivity index (χ0v) is 12.0. The Hall–Kier alpha value is -2.26. The van der Waals surface area contributed by atoms with Crippen LogP contribution in [0.15, 0.2) is 23.3 Å². The zero-order chi connectivity index (χ0) is 17.8. The molecular weight excluding hydrogens is 330 g/mol. The molecule has 1 aromatic carbocycles. The molecule has 1 rings (SSSR count). The molecule has 0 spiro atoms. The standard InChI is InChI=1S/C13H12F6N2O2/c1-3-23-11(22)21-20-7(2)8-4-9(12(14,15)16)6-10(5-8)13(17,18)19/h4-6H,3H2,1-2H3,(H,21,22)/b20-7-. The SMILES string of the molecule is CCOC(=O)N/N=C(/C)c1cc(C(F)(F)F)cc(C(F)(F)F)c1. The van der Waals surface area contributed by atoms with Crippen LogP contribution in [0.3, 0.4) is 0 Å². The first-order valence-corrected chi connectivity index (χ1v) is 6.22. The number of hydrogen-bond acceptors (Lipinski definition) is 3. The molecule has 0 heterocycles. The summed E-state index contributed by atoms with van der Waals surface area (Å²) in [7, 11) is 0. The van der Waals surface area contributed by atoms with Crippen LogP contribution in [0.4, 0.5) is 31.1 Å². The van der Waals surface area contributed by atoms with Crippen molar-refractivity contribution in [1.29, 1.82) is 0 Å². The molecule has 0 aliphatic heterocycles. The average molecular weight is 342 g/mol. The van der Waals surface area contributed by atoms with E-state index in [1.54, 1.807) is 0 Å². The van der Waals surface area contributed by atoms with E-state index < -0.39 is 35.1 Å². The quantitative estimate of drug-likeness (QED) is 0.509. The normalized spacial score (nSPS) is 13.0. The van der Waals surface area contributed by atoms with E-state index in [0.29, 0.717) is 12.1 Å². The molecule has 0 radical (unpaired) electrons. The second-order valence-corrected chi connectivity index (χ2v) is 4.32. The van der Waals surface area contributed by atoms with Gasteiger partial charge in [0, 0.05) is 0 Å². The number of amides is 1. The summed E-state index contributed by atoms with van der Waals surface area (Å²) in [5.41, 5.74) is -1.74. The number of nitrogens with one attached hydrogen (secondary N) is 1. The number of nitrogens with zero attached hydrogens (tertiary/aromatic N) is 1. The number of hydrogen-bond donors (Lipinski definition) is 1. The van der Waals surface area contributed by atoms with E-state index in [1.807, 2.05) is 5.43 Å². The third kappa shape index (κ3) is 5.46. The molecule has 0 aliphatic carbocycles. The third-order valence-electron chi connectivity index (χ3n) is 2.60. The highest BCUT2D eigenvalue weighted by molar-refractivity contribution is 5.99. The van der Waals surface area contributed by atoms with Crippen molar-refractivity contribution in [2.75, 3.05) is 6.61 Å². The molecule has 23 heavy (non-hydrogen) atoms. The van der Waals surface area contributed by atoms with Gasteiger partial charge in [0.25, 0.3) is 0 Å². The molecule has 10 heteroatoms. The molecule has 0 aliphatic rings. The fourth-order valence-electron chi connectivity index (χ4n) is 1.52. The second-order valence-electron chi connectivity index (χ2n) is 4.32. The summed E-state index contributed by atoms with van der Waals surface area (Å²) >= 11 is 0. The largest absolute Gasteiger partial charge is 0.449 e. The van der Waals surface area contributed by atoms with Crippen molar-refractivity contribution in [3.63, 3.8) is 0 Å². The number of hydrazone groups is 1. The van der Waals surface area contributed by atoms with Gasteiger partial charge in [0.05, 0.1) is 23.4 Å². The van der Waals surface area contributed by atoms with Gasteiger partial charge >= 0.3 is 18.4 Å². The highest BCUT2D eigenvalue weighted by atomic mass is 19.4. The van der Waals surface area contributed by atoms with Crippen molar-refractivity contribution >= 4 is 11.8 Å². The Kier molecular flexibility index (Phi) is 5.62. The van der Waals surface area contributed by atoms with Gasteiger partial charge in [-0.15, -0.1) is 0 Å². The number of alkyl halides is 6. The van der Waals surface area contributed by atoms with E-state index >= 15 is 0 Å². The summed E-state index contributed by atoms with van der Waals surface area (Å²) in [4.78, 5) is 11.0. The number of carbonyl (C=O) groups excluding carboxylic acids is 1. The van der Waals surface area contributed by atoms with E-state index in [4.69, 9.17) is 0 Å². The lowest BCUT2D eigenvalue weighted by molar-refractivity contribution is -0.143. The van der Waals surface area contributed by atoms with Gasteiger partial charge in [0.15, 0.2) is 0 Å². The van der Waals surface area contributed by atoms with Crippen molar-refractivity contribution in [1.82, 2.24) is 5.43 Å². The molecule has 4 nitrogen and oxygen atoms in total. The lowest BCUT2D eigenvalue weighted by atomic mass is 10.0. The van der Waals surface area contributed by atoms with Crippen molar-refractivity contribution in [3.8, 4) is 0 Å². The average Bonchev–Trinajstić information content (AvgIpc) is 2.42. The minimum Gasteiger partial charge on any atom is -0.449 e. The van der Waals surface area contributed by atoms with Crippen LogP contribution in [0.25, 0.3) is 0 Å². The van der Waals surface area contributed by atoms with E-state index in [0.717, 1.165) is 6.92 Å². The van der Waals surface area contributed by atoms with E-state index in [-0.39, 0.29) is 18.4 Å². The Labute approximate surface area is 127 Å². The van der Waals surface area contributed by atoms with Gasteiger partial charge in [-0.25, -0.2) is 10.2 Å². The lowest BCUT2D eigenvalue weighted by Gasteiger charge is -2.14. The van der Waals surface area contributed by atoms with Crippen LogP contribution in [-0.4, -0.2) is 18.4 Å².